The molecule has 1 saturated heterocycles. The van der Waals surface area contributed by atoms with Gasteiger partial charge in [0, 0.05) is 67.3 Å². The molecule has 9 nitrogen and oxygen atoms in total. The van der Waals surface area contributed by atoms with Gasteiger partial charge in [0.25, 0.3) is 17.3 Å². The molecular weight excluding hydrogens is 492 g/mol. The zero-order valence-electron chi connectivity index (χ0n) is 22.2. The van der Waals surface area contributed by atoms with Gasteiger partial charge in [-0.25, -0.2) is 4.98 Å². The molecule has 2 fully saturated rings. The molecule has 0 spiro atoms. The number of carbonyl (C=O) groups is 1. The van der Waals surface area contributed by atoms with Gasteiger partial charge in [0.15, 0.2) is 11.5 Å². The Morgan fingerprint density at radius 1 is 1.27 bits per heavy atom. The molecule has 5 rings (SSSR count). The first-order valence-electron chi connectivity index (χ1n) is 12.9. The van der Waals surface area contributed by atoms with Crippen molar-refractivity contribution >= 4 is 17.7 Å². The van der Waals surface area contributed by atoms with E-state index in [1.165, 1.54) is 11.8 Å². The fourth-order valence-corrected chi connectivity index (χ4v) is 6.48. The van der Waals surface area contributed by atoms with Crippen LogP contribution in [-0.2, 0) is 11.3 Å². The molecule has 10 heteroatoms. The number of amides is 1. The smallest absolute Gasteiger partial charge is 0.270 e. The normalized spacial score (nSPS) is 25.6. The molecule has 0 bridgehead atoms. The summed E-state index contributed by atoms with van der Waals surface area (Å²) in [4.78, 5) is 36.0. The van der Waals surface area contributed by atoms with Gasteiger partial charge >= 0.3 is 0 Å². The summed E-state index contributed by atoms with van der Waals surface area (Å²) in [6, 6.07) is 2.51. The highest BCUT2D eigenvalue weighted by atomic mass is 32.2. The maximum absolute atomic E-state index is 13.1. The third kappa shape index (κ3) is 4.98. The number of aryl methyl sites for hydroxylation is 1. The Kier molecular flexibility index (Phi) is 7.26. The van der Waals surface area contributed by atoms with E-state index in [1.807, 2.05) is 33.1 Å². The standard InChI is InChI=1S/C27H36N4O5S/c1-15-10-22(37-5)20(25(32)30-15)11-29-26(33)23-16(2)24-21(12-28-23)35-27(3,36-24)17-6-8-18(9-7-17)31-13-19(14-31)34-4/h10,12,17-19H,6-9,11,13-14H2,1-5H3,(H,29,33)(H,30,32). The molecule has 1 atom stereocenters. The Bertz CT molecular complexity index is 1240. The lowest BCUT2D eigenvalue weighted by molar-refractivity contribution is -0.130. The zero-order chi connectivity index (χ0) is 26.3. The number of rotatable bonds is 7. The maximum Gasteiger partial charge on any atom is 0.270 e. The number of hydrogen-bond acceptors (Lipinski definition) is 8. The molecule has 1 amide bonds. The maximum atomic E-state index is 13.1. The first-order valence-corrected chi connectivity index (χ1v) is 14.1. The molecule has 1 aliphatic carbocycles. The number of likely N-dealkylation sites (tertiary alicyclic amines) is 1. The van der Waals surface area contributed by atoms with E-state index < -0.39 is 5.79 Å². The molecule has 4 heterocycles. The number of aromatic amines is 1. The van der Waals surface area contributed by atoms with Crippen LogP contribution in [-0.4, -0.2) is 65.2 Å². The van der Waals surface area contributed by atoms with Crippen LogP contribution in [0.3, 0.4) is 0 Å². The van der Waals surface area contributed by atoms with E-state index in [1.54, 1.807) is 13.3 Å². The van der Waals surface area contributed by atoms with Crippen molar-refractivity contribution in [3.8, 4) is 11.5 Å². The minimum absolute atomic E-state index is 0.114. The molecule has 1 saturated carbocycles. The average molecular weight is 529 g/mol. The third-order valence-corrected chi connectivity index (χ3v) is 8.91. The fraction of sp³-hybridized carbons (Fsp3) is 0.593. The monoisotopic (exact) mass is 528 g/mol. The lowest BCUT2D eigenvalue weighted by atomic mass is 9.80. The van der Waals surface area contributed by atoms with Gasteiger partial charge in [-0.3, -0.25) is 14.5 Å². The summed E-state index contributed by atoms with van der Waals surface area (Å²) in [5.74, 6) is 0.276. The summed E-state index contributed by atoms with van der Waals surface area (Å²) < 4.78 is 18.2. The highest BCUT2D eigenvalue weighted by molar-refractivity contribution is 7.98. The number of ether oxygens (including phenoxy) is 3. The molecule has 0 aromatic carbocycles. The van der Waals surface area contributed by atoms with Crippen LogP contribution in [0.4, 0.5) is 0 Å². The van der Waals surface area contributed by atoms with Gasteiger partial charge in [0.2, 0.25) is 0 Å². The summed E-state index contributed by atoms with van der Waals surface area (Å²) >= 11 is 1.48. The van der Waals surface area contributed by atoms with Crippen molar-refractivity contribution in [2.75, 3.05) is 26.5 Å². The third-order valence-electron chi connectivity index (χ3n) is 8.10. The second-order valence-electron chi connectivity index (χ2n) is 10.5. The van der Waals surface area contributed by atoms with Crippen LogP contribution in [0.1, 0.15) is 59.9 Å². The summed E-state index contributed by atoms with van der Waals surface area (Å²) in [6.45, 7) is 7.82. The molecular formula is C27H36N4O5S. The van der Waals surface area contributed by atoms with E-state index in [0.29, 0.717) is 34.8 Å². The largest absolute Gasteiger partial charge is 0.448 e. The number of hydrogen-bond donors (Lipinski definition) is 2. The van der Waals surface area contributed by atoms with Crippen molar-refractivity contribution < 1.29 is 19.0 Å². The summed E-state index contributed by atoms with van der Waals surface area (Å²) in [5.41, 5.74) is 2.04. The van der Waals surface area contributed by atoms with E-state index in [-0.39, 0.29) is 29.6 Å². The van der Waals surface area contributed by atoms with Crippen molar-refractivity contribution in [3.63, 3.8) is 0 Å². The van der Waals surface area contributed by atoms with Crippen LogP contribution in [0.25, 0.3) is 0 Å². The van der Waals surface area contributed by atoms with E-state index in [9.17, 15) is 9.59 Å². The Labute approximate surface area is 221 Å². The number of H-pyrrole nitrogens is 1. The van der Waals surface area contributed by atoms with Crippen molar-refractivity contribution in [3.05, 3.63) is 45.1 Å². The number of carbonyl (C=O) groups excluding carboxylic acids is 1. The number of aromatic nitrogens is 2. The van der Waals surface area contributed by atoms with Gasteiger partial charge in [-0.2, -0.15) is 0 Å². The molecule has 37 heavy (non-hydrogen) atoms. The number of pyridine rings is 2. The topological polar surface area (TPSA) is 106 Å². The zero-order valence-corrected chi connectivity index (χ0v) is 23.0. The van der Waals surface area contributed by atoms with Crippen LogP contribution in [0.5, 0.6) is 11.5 Å². The Morgan fingerprint density at radius 2 is 2.00 bits per heavy atom. The van der Waals surface area contributed by atoms with Crippen molar-refractivity contribution in [2.45, 2.75) is 75.8 Å². The van der Waals surface area contributed by atoms with Gasteiger partial charge in [-0.1, -0.05) is 0 Å². The van der Waals surface area contributed by atoms with Crippen LogP contribution < -0.4 is 20.3 Å². The second kappa shape index (κ2) is 10.3. The minimum Gasteiger partial charge on any atom is -0.448 e. The highest BCUT2D eigenvalue weighted by Crippen LogP contribution is 2.48. The summed E-state index contributed by atoms with van der Waals surface area (Å²) in [5, 5.41) is 2.86. The Balaban J connectivity index is 1.23. The first kappa shape index (κ1) is 26.1. The molecule has 2 aromatic rings. The average Bonchev–Trinajstić information content (AvgIpc) is 3.21. The highest BCUT2D eigenvalue weighted by Gasteiger charge is 2.47. The molecule has 200 valence electrons. The molecule has 1 unspecified atom stereocenters. The quantitative estimate of drug-likeness (QED) is 0.527. The van der Waals surface area contributed by atoms with Crippen molar-refractivity contribution in [1.29, 1.82) is 0 Å². The number of nitrogens with zero attached hydrogens (tertiary/aromatic N) is 2. The van der Waals surface area contributed by atoms with Crippen molar-refractivity contribution in [1.82, 2.24) is 20.2 Å². The predicted octanol–water partition coefficient (Wildman–Crippen LogP) is 3.42. The van der Waals surface area contributed by atoms with Gasteiger partial charge in [-0.15, -0.1) is 11.8 Å². The fourth-order valence-electron chi connectivity index (χ4n) is 5.78. The number of thioether (sulfide) groups is 1. The molecule has 2 aromatic heterocycles. The Morgan fingerprint density at radius 3 is 2.68 bits per heavy atom. The Hall–Kier alpha value is -2.56. The van der Waals surface area contributed by atoms with Gasteiger partial charge in [0.1, 0.15) is 5.69 Å². The molecule has 2 N–H and O–H groups in total. The van der Waals surface area contributed by atoms with Crippen LogP contribution in [0, 0.1) is 19.8 Å². The summed E-state index contributed by atoms with van der Waals surface area (Å²) in [7, 11) is 1.78. The van der Waals surface area contributed by atoms with Crippen LogP contribution >= 0.6 is 11.8 Å². The molecule has 2 aliphatic heterocycles. The molecule has 3 aliphatic rings. The SMILES string of the molecule is COC1CN(C2CCC(C3(C)Oc4cnc(C(=O)NCc5c(SC)cc(C)[nH]c5=O)c(C)c4O3)CC2)C1. The van der Waals surface area contributed by atoms with Crippen LogP contribution in [0.15, 0.2) is 22.0 Å². The minimum atomic E-state index is -0.776. The second-order valence-corrected chi connectivity index (χ2v) is 11.3. The van der Waals surface area contributed by atoms with E-state index >= 15 is 0 Å². The number of nitrogens with one attached hydrogen (secondary N) is 2. The van der Waals surface area contributed by atoms with Gasteiger partial charge < -0.3 is 24.5 Å². The van der Waals surface area contributed by atoms with Crippen LogP contribution in [0.2, 0.25) is 0 Å². The number of fused-ring (bicyclic) bond motifs is 1. The predicted molar refractivity (Wildman–Crippen MR) is 142 cm³/mol. The van der Waals surface area contributed by atoms with E-state index in [4.69, 9.17) is 14.2 Å². The summed E-state index contributed by atoms with van der Waals surface area (Å²) in [6.07, 6.45) is 8.12. The van der Waals surface area contributed by atoms with Gasteiger partial charge in [-0.05, 0) is 51.9 Å². The lowest BCUT2D eigenvalue weighted by Crippen LogP contribution is -2.57. The van der Waals surface area contributed by atoms with Crippen molar-refractivity contribution in [2.24, 2.45) is 5.92 Å². The van der Waals surface area contributed by atoms with E-state index in [0.717, 1.165) is 49.4 Å². The number of methoxy groups -OCH3 is 1. The molecule has 0 radical (unpaired) electrons. The first-order chi connectivity index (χ1) is 17.7. The van der Waals surface area contributed by atoms with Gasteiger partial charge in [0.05, 0.1) is 12.3 Å². The van der Waals surface area contributed by atoms with E-state index in [2.05, 4.69) is 20.2 Å². The lowest BCUT2D eigenvalue weighted by Gasteiger charge is -2.47.